The van der Waals surface area contributed by atoms with Gasteiger partial charge in [-0.05, 0) is 68.0 Å². The number of benzene rings is 2. The fourth-order valence-electron chi connectivity index (χ4n) is 3.46. The zero-order valence-corrected chi connectivity index (χ0v) is 17.9. The van der Waals surface area contributed by atoms with Gasteiger partial charge in [0.05, 0.1) is 10.7 Å². The lowest BCUT2D eigenvalue weighted by Gasteiger charge is -2.31. The minimum absolute atomic E-state index is 0.0846. The quantitative estimate of drug-likeness (QED) is 0.784. The first-order valence-corrected chi connectivity index (χ1v) is 11.2. The number of likely N-dealkylation sites (tertiary alicyclic amines) is 1. The van der Waals surface area contributed by atoms with Gasteiger partial charge in [0.15, 0.2) is 0 Å². The molecule has 0 saturated carbocycles. The maximum atomic E-state index is 13.0. The molecule has 0 bridgehead atoms. The number of carbonyl (C=O) groups is 1. The van der Waals surface area contributed by atoms with Gasteiger partial charge in [0.1, 0.15) is 4.90 Å². The summed E-state index contributed by atoms with van der Waals surface area (Å²) < 4.78 is 28.5. The smallest absolute Gasteiger partial charge is 0.263 e. The third-order valence-electron chi connectivity index (χ3n) is 5.26. The van der Waals surface area contributed by atoms with E-state index in [4.69, 9.17) is 11.6 Å². The summed E-state index contributed by atoms with van der Waals surface area (Å²) in [5.74, 6) is 0.283. The monoisotopic (exact) mass is 420 g/mol. The fourth-order valence-corrected chi connectivity index (χ4v) is 5.11. The summed E-state index contributed by atoms with van der Waals surface area (Å²) in [6.07, 6.45) is 2.06. The van der Waals surface area contributed by atoms with E-state index in [1.807, 2.05) is 19.9 Å². The van der Waals surface area contributed by atoms with Crippen LogP contribution in [0.1, 0.15) is 41.3 Å². The van der Waals surface area contributed by atoms with E-state index in [9.17, 15) is 13.2 Å². The number of hydrogen-bond acceptors (Lipinski definition) is 3. The highest BCUT2D eigenvalue weighted by molar-refractivity contribution is 7.92. The first-order valence-electron chi connectivity index (χ1n) is 9.37. The number of aryl methyl sites for hydroxylation is 1. The minimum atomic E-state index is -3.93. The highest BCUT2D eigenvalue weighted by Crippen LogP contribution is 2.28. The minimum Gasteiger partial charge on any atom is -0.338 e. The molecule has 1 heterocycles. The molecule has 1 fully saturated rings. The standard InChI is InChI=1S/C21H25ClN2O3S/c1-14-6-5-11-24(13-14)21(25)17-9-10-18(22)20(12-17)28(26,27)23-19-8-4-7-15(2)16(19)3/h4,7-10,12,14,23H,5-6,11,13H2,1-3H3/t14-/m0/s1. The summed E-state index contributed by atoms with van der Waals surface area (Å²) in [5, 5.41) is 0.0846. The maximum Gasteiger partial charge on any atom is 0.263 e. The van der Waals surface area contributed by atoms with Crippen molar-refractivity contribution < 1.29 is 13.2 Å². The molecule has 2 aromatic rings. The second kappa shape index (κ2) is 8.13. The Bertz CT molecular complexity index is 1000. The van der Waals surface area contributed by atoms with Crippen molar-refractivity contribution in [2.45, 2.75) is 38.5 Å². The van der Waals surface area contributed by atoms with Crippen molar-refractivity contribution in [1.29, 1.82) is 0 Å². The van der Waals surface area contributed by atoms with Gasteiger partial charge >= 0.3 is 0 Å². The van der Waals surface area contributed by atoms with E-state index in [1.54, 1.807) is 23.1 Å². The zero-order chi connectivity index (χ0) is 20.5. The predicted octanol–water partition coefficient (Wildman–Crippen LogP) is 4.63. The van der Waals surface area contributed by atoms with Gasteiger partial charge in [0.2, 0.25) is 0 Å². The molecule has 0 aromatic heterocycles. The van der Waals surface area contributed by atoms with Crippen LogP contribution in [0.2, 0.25) is 5.02 Å². The van der Waals surface area contributed by atoms with Gasteiger partial charge in [-0.3, -0.25) is 9.52 Å². The van der Waals surface area contributed by atoms with E-state index in [0.29, 0.717) is 30.3 Å². The molecule has 1 aliphatic rings. The normalized spacial score (nSPS) is 17.4. The largest absolute Gasteiger partial charge is 0.338 e. The van der Waals surface area contributed by atoms with Gasteiger partial charge in [-0.1, -0.05) is 30.7 Å². The average molecular weight is 421 g/mol. The number of halogens is 1. The van der Waals surface area contributed by atoms with Crippen molar-refractivity contribution in [3.8, 4) is 0 Å². The Morgan fingerprint density at radius 3 is 2.68 bits per heavy atom. The van der Waals surface area contributed by atoms with Crippen LogP contribution in [0.4, 0.5) is 5.69 Å². The van der Waals surface area contributed by atoms with Crippen molar-refractivity contribution in [2.75, 3.05) is 17.8 Å². The van der Waals surface area contributed by atoms with E-state index < -0.39 is 10.0 Å². The highest BCUT2D eigenvalue weighted by Gasteiger charge is 2.25. The van der Waals surface area contributed by atoms with Crippen LogP contribution in [0.25, 0.3) is 0 Å². The number of nitrogens with zero attached hydrogens (tertiary/aromatic N) is 1. The third-order valence-corrected chi connectivity index (χ3v) is 7.11. The Morgan fingerprint density at radius 2 is 1.96 bits per heavy atom. The van der Waals surface area contributed by atoms with Crippen LogP contribution >= 0.6 is 11.6 Å². The summed E-state index contributed by atoms with van der Waals surface area (Å²) in [6.45, 7) is 7.26. The number of hydrogen-bond donors (Lipinski definition) is 1. The zero-order valence-electron chi connectivity index (χ0n) is 16.3. The summed E-state index contributed by atoms with van der Waals surface area (Å²) in [4.78, 5) is 14.6. The van der Waals surface area contributed by atoms with Crippen molar-refractivity contribution in [3.05, 3.63) is 58.1 Å². The fraction of sp³-hybridized carbons (Fsp3) is 0.381. The van der Waals surface area contributed by atoms with Crippen LogP contribution in [0.3, 0.4) is 0 Å². The maximum absolute atomic E-state index is 13.0. The number of piperidine rings is 1. The Hall–Kier alpha value is -2.05. The summed E-state index contributed by atoms with van der Waals surface area (Å²) >= 11 is 6.19. The predicted molar refractivity (Wildman–Crippen MR) is 112 cm³/mol. The van der Waals surface area contributed by atoms with Crippen LogP contribution in [-0.2, 0) is 10.0 Å². The molecule has 5 nitrogen and oxygen atoms in total. The van der Waals surface area contributed by atoms with Gasteiger partial charge in [0, 0.05) is 18.7 Å². The van der Waals surface area contributed by atoms with E-state index in [2.05, 4.69) is 11.6 Å². The second-order valence-corrected chi connectivity index (χ2v) is 9.55. The van der Waals surface area contributed by atoms with Gasteiger partial charge in [-0.25, -0.2) is 8.42 Å². The molecule has 1 saturated heterocycles. The van der Waals surface area contributed by atoms with Gasteiger partial charge < -0.3 is 4.90 Å². The first kappa shape index (κ1) is 20.7. The molecule has 150 valence electrons. The highest BCUT2D eigenvalue weighted by atomic mass is 35.5. The van der Waals surface area contributed by atoms with Gasteiger partial charge in [0.25, 0.3) is 15.9 Å². The number of amides is 1. The van der Waals surface area contributed by atoms with Crippen molar-refractivity contribution in [3.63, 3.8) is 0 Å². The average Bonchev–Trinajstić information content (AvgIpc) is 2.65. The SMILES string of the molecule is Cc1cccc(NS(=O)(=O)c2cc(C(=O)N3CCC[C@H](C)C3)ccc2Cl)c1C. The molecule has 1 aliphatic heterocycles. The summed E-state index contributed by atoms with van der Waals surface area (Å²) in [6, 6.07) is 9.84. The molecule has 28 heavy (non-hydrogen) atoms. The molecule has 0 unspecified atom stereocenters. The number of rotatable bonds is 4. The number of nitrogens with one attached hydrogen (secondary N) is 1. The number of sulfonamides is 1. The topological polar surface area (TPSA) is 66.5 Å². The molecule has 1 atom stereocenters. The Balaban J connectivity index is 1.92. The van der Waals surface area contributed by atoms with Gasteiger partial charge in [-0.15, -0.1) is 0 Å². The lowest BCUT2D eigenvalue weighted by atomic mass is 9.99. The molecule has 2 aromatic carbocycles. The van der Waals surface area contributed by atoms with Crippen molar-refractivity contribution >= 4 is 33.2 Å². The lowest BCUT2D eigenvalue weighted by Crippen LogP contribution is -2.39. The Morgan fingerprint density at radius 1 is 1.21 bits per heavy atom. The summed E-state index contributed by atoms with van der Waals surface area (Å²) in [5.41, 5.74) is 2.66. The Kier molecular flexibility index (Phi) is 6.01. The van der Waals surface area contributed by atoms with Crippen molar-refractivity contribution in [2.24, 2.45) is 5.92 Å². The van der Waals surface area contributed by atoms with Crippen LogP contribution in [0.15, 0.2) is 41.3 Å². The Labute approximate surface area is 171 Å². The van der Waals surface area contributed by atoms with E-state index in [1.165, 1.54) is 12.1 Å². The van der Waals surface area contributed by atoms with E-state index in [-0.39, 0.29) is 15.8 Å². The number of carbonyl (C=O) groups excluding carboxylic acids is 1. The van der Waals surface area contributed by atoms with Crippen molar-refractivity contribution in [1.82, 2.24) is 4.90 Å². The molecule has 1 N–H and O–H groups in total. The lowest BCUT2D eigenvalue weighted by molar-refractivity contribution is 0.0683. The summed E-state index contributed by atoms with van der Waals surface area (Å²) in [7, 11) is -3.93. The van der Waals surface area contributed by atoms with Gasteiger partial charge in [-0.2, -0.15) is 0 Å². The molecule has 0 spiro atoms. The molecular formula is C21H25ClN2O3S. The van der Waals surface area contributed by atoms with Crippen LogP contribution in [0.5, 0.6) is 0 Å². The molecule has 0 aliphatic carbocycles. The van der Waals surface area contributed by atoms with Crippen LogP contribution in [0, 0.1) is 19.8 Å². The van der Waals surface area contributed by atoms with E-state index in [0.717, 1.165) is 24.0 Å². The molecule has 1 amide bonds. The van der Waals surface area contributed by atoms with Crippen LogP contribution < -0.4 is 4.72 Å². The van der Waals surface area contributed by atoms with E-state index >= 15 is 0 Å². The molecule has 0 radical (unpaired) electrons. The molecule has 7 heteroatoms. The molecule has 3 rings (SSSR count). The first-order chi connectivity index (χ1) is 13.2. The molecular weight excluding hydrogens is 396 g/mol. The van der Waals surface area contributed by atoms with Crippen LogP contribution in [-0.4, -0.2) is 32.3 Å². The third kappa shape index (κ3) is 4.33. The second-order valence-electron chi connectivity index (χ2n) is 7.50. The number of anilines is 1.